The first-order valence-corrected chi connectivity index (χ1v) is 4.63. The molecule has 0 saturated heterocycles. The minimum Gasteiger partial charge on any atom is -0.490 e. The van der Waals surface area contributed by atoms with Crippen LogP contribution in [0.4, 0.5) is 5.69 Å². The fourth-order valence-electron chi connectivity index (χ4n) is 1.20. The summed E-state index contributed by atoms with van der Waals surface area (Å²) in [4.78, 5) is 10.3. The molecule has 1 aromatic carbocycles. The summed E-state index contributed by atoms with van der Waals surface area (Å²) in [7, 11) is 2.91. The van der Waals surface area contributed by atoms with E-state index in [0.717, 1.165) is 0 Å². The standard InChI is InChI=1S/C10H13NO5/c1-14-6-7-16-9-5-3-4-8(15-2)10(9)11(12)13/h3-5H,6-7H2,1-2H3. The van der Waals surface area contributed by atoms with E-state index in [1.165, 1.54) is 26.4 Å². The van der Waals surface area contributed by atoms with E-state index in [4.69, 9.17) is 14.2 Å². The third-order valence-corrected chi connectivity index (χ3v) is 1.91. The smallest absolute Gasteiger partial charge is 0.352 e. The van der Waals surface area contributed by atoms with E-state index in [9.17, 15) is 10.1 Å². The highest BCUT2D eigenvalue weighted by molar-refractivity contribution is 5.57. The minimum absolute atomic E-state index is 0.166. The van der Waals surface area contributed by atoms with Crippen LogP contribution in [0.15, 0.2) is 18.2 Å². The molecule has 1 rings (SSSR count). The van der Waals surface area contributed by atoms with Gasteiger partial charge in [-0.2, -0.15) is 0 Å². The van der Waals surface area contributed by atoms with E-state index >= 15 is 0 Å². The highest BCUT2D eigenvalue weighted by Gasteiger charge is 2.21. The van der Waals surface area contributed by atoms with Gasteiger partial charge in [0.2, 0.25) is 11.5 Å². The Labute approximate surface area is 92.9 Å². The summed E-state index contributed by atoms with van der Waals surface area (Å²) in [6.45, 7) is 0.624. The zero-order valence-corrected chi connectivity index (χ0v) is 9.13. The maximum absolute atomic E-state index is 10.8. The van der Waals surface area contributed by atoms with Gasteiger partial charge in [-0.25, -0.2) is 0 Å². The molecule has 88 valence electrons. The molecule has 0 spiro atoms. The molecule has 0 aliphatic carbocycles. The van der Waals surface area contributed by atoms with Crippen molar-refractivity contribution in [2.45, 2.75) is 0 Å². The molecule has 0 aliphatic heterocycles. The summed E-state index contributed by atoms with van der Waals surface area (Å²) in [6.07, 6.45) is 0. The molecule has 6 heteroatoms. The molecule has 0 saturated carbocycles. The molecule has 0 amide bonds. The lowest BCUT2D eigenvalue weighted by Crippen LogP contribution is -2.06. The number of para-hydroxylation sites is 1. The first-order chi connectivity index (χ1) is 7.70. The second-order valence-corrected chi connectivity index (χ2v) is 2.91. The maximum Gasteiger partial charge on any atom is 0.352 e. The molecule has 0 N–H and O–H groups in total. The van der Waals surface area contributed by atoms with Crippen LogP contribution in [0.3, 0.4) is 0 Å². The van der Waals surface area contributed by atoms with Gasteiger partial charge in [-0.05, 0) is 12.1 Å². The van der Waals surface area contributed by atoms with Gasteiger partial charge in [0.25, 0.3) is 0 Å². The quantitative estimate of drug-likeness (QED) is 0.419. The van der Waals surface area contributed by atoms with E-state index in [2.05, 4.69) is 0 Å². The number of nitro benzene ring substituents is 1. The number of nitrogens with zero attached hydrogens (tertiary/aromatic N) is 1. The van der Waals surface area contributed by atoms with Gasteiger partial charge in [-0.3, -0.25) is 10.1 Å². The van der Waals surface area contributed by atoms with Crippen molar-refractivity contribution in [2.24, 2.45) is 0 Å². The molecule has 1 aromatic rings. The second-order valence-electron chi connectivity index (χ2n) is 2.91. The first-order valence-electron chi connectivity index (χ1n) is 4.63. The Morgan fingerprint density at radius 1 is 1.25 bits per heavy atom. The largest absolute Gasteiger partial charge is 0.490 e. The average Bonchev–Trinajstić information content (AvgIpc) is 2.28. The molecular formula is C10H13NO5. The average molecular weight is 227 g/mol. The molecule has 0 aliphatic rings. The van der Waals surface area contributed by atoms with Gasteiger partial charge in [0.05, 0.1) is 18.6 Å². The predicted octanol–water partition coefficient (Wildman–Crippen LogP) is 1.63. The van der Waals surface area contributed by atoms with E-state index in [0.29, 0.717) is 6.61 Å². The molecule has 0 bridgehead atoms. The van der Waals surface area contributed by atoms with E-state index in [1.807, 2.05) is 0 Å². The summed E-state index contributed by atoms with van der Waals surface area (Å²) in [5.41, 5.74) is -0.166. The van der Waals surface area contributed by atoms with E-state index in [1.54, 1.807) is 6.07 Å². The fraction of sp³-hybridized carbons (Fsp3) is 0.400. The molecule has 6 nitrogen and oxygen atoms in total. The van der Waals surface area contributed by atoms with Gasteiger partial charge < -0.3 is 14.2 Å². The maximum atomic E-state index is 10.8. The van der Waals surface area contributed by atoms with Gasteiger partial charge in [-0.15, -0.1) is 0 Å². The van der Waals surface area contributed by atoms with Gasteiger partial charge in [-0.1, -0.05) is 6.07 Å². The van der Waals surface area contributed by atoms with Gasteiger partial charge >= 0.3 is 5.69 Å². The van der Waals surface area contributed by atoms with Crippen molar-refractivity contribution >= 4 is 5.69 Å². The van der Waals surface area contributed by atoms with Crippen LogP contribution in [0.2, 0.25) is 0 Å². The summed E-state index contributed by atoms with van der Waals surface area (Å²) in [5.74, 6) is 0.362. The molecule has 0 atom stereocenters. The Kier molecular flexibility index (Phi) is 4.53. The lowest BCUT2D eigenvalue weighted by Gasteiger charge is -2.08. The topological polar surface area (TPSA) is 70.8 Å². The number of methoxy groups -OCH3 is 2. The van der Waals surface area contributed by atoms with Crippen molar-refractivity contribution < 1.29 is 19.1 Å². The van der Waals surface area contributed by atoms with E-state index in [-0.39, 0.29) is 23.8 Å². The fourth-order valence-corrected chi connectivity index (χ4v) is 1.20. The molecular weight excluding hydrogens is 214 g/mol. The number of hydrogen-bond acceptors (Lipinski definition) is 5. The predicted molar refractivity (Wildman–Crippen MR) is 57.0 cm³/mol. The van der Waals surface area contributed by atoms with Crippen molar-refractivity contribution in [1.82, 2.24) is 0 Å². The van der Waals surface area contributed by atoms with Crippen LogP contribution in [-0.2, 0) is 4.74 Å². The molecule has 0 unspecified atom stereocenters. The normalized spacial score (nSPS) is 9.88. The number of benzene rings is 1. The summed E-state index contributed by atoms with van der Waals surface area (Å²) in [5, 5.41) is 10.8. The van der Waals surface area contributed by atoms with Crippen LogP contribution in [0.25, 0.3) is 0 Å². The Morgan fingerprint density at radius 2 is 1.94 bits per heavy atom. The first kappa shape index (κ1) is 12.3. The van der Waals surface area contributed by atoms with Crippen LogP contribution in [0.1, 0.15) is 0 Å². The molecule has 0 heterocycles. The number of ether oxygens (including phenoxy) is 3. The van der Waals surface area contributed by atoms with E-state index < -0.39 is 4.92 Å². The summed E-state index contributed by atoms with van der Waals surface area (Å²) in [6, 6.07) is 4.67. The number of nitro groups is 1. The van der Waals surface area contributed by atoms with Crippen LogP contribution in [0, 0.1) is 10.1 Å². The van der Waals surface area contributed by atoms with Crippen molar-refractivity contribution in [2.75, 3.05) is 27.4 Å². The van der Waals surface area contributed by atoms with Crippen LogP contribution < -0.4 is 9.47 Å². The lowest BCUT2D eigenvalue weighted by atomic mass is 10.2. The van der Waals surface area contributed by atoms with Gasteiger partial charge in [0, 0.05) is 7.11 Å². The Morgan fingerprint density at radius 3 is 2.50 bits per heavy atom. The highest BCUT2D eigenvalue weighted by Crippen LogP contribution is 2.36. The molecule has 16 heavy (non-hydrogen) atoms. The Hall–Kier alpha value is -1.82. The van der Waals surface area contributed by atoms with Crippen LogP contribution in [-0.4, -0.2) is 32.4 Å². The Bertz CT molecular complexity index is 366. The number of rotatable bonds is 6. The summed E-state index contributed by atoms with van der Waals surface area (Å²) < 4.78 is 14.9. The molecule has 0 fully saturated rings. The van der Waals surface area contributed by atoms with Crippen molar-refractivity contribution in [3.63, 3.8) is 0 Å². The lowest BCUT2D eigenvalue weighted by molar-refractivity contribution is -0.386. The Balaban J connectivity index is 2.93. The third-order valence-electron chi connectivity index (χ3n) is 1.91. The molecule has 0 radical (unpaired) electrons. The van der Waals surface area contributed by atoms with Crippen LogP contribution >= 0.6 is 0 Å². The SMILES string of the molecule is COCCOc1cccc(OC)c1[N+](=O)[O-]. The van der Waals surface area contributed by atoms with Crippen molar-refractivity contribution in [3.05, 3.63) is 28.3 Å². The minimum atomic E-state index is -0.527. The van der Waals surface area contributed by atoms with Crippen molar-refractivity contribution in [3.8, 4) is 11.5 Å². The monoisotopic (exact) mass is 227 g/mol. The molecule has 0 aromatic heterocycles. The zero-order chi connectivity index (χ0) is 12.0. The van der Waals surface area contributed by atoms with Crippen LogP contribution in [0.5, 0.6) is 11.5 Å². The van der Waals surface area contributed by atoms with Gasteiger partial charge in [0.1, 0.15) is 6.61 Å². The second kappa shape index (κ2) is 5.92. The van der Waals surface area contributed by atoms with Gasteiger partial charge in [0.15, 0.2) is 0 Å². The zero-order valence-electron chi connectivity index (χ0n) is 9.13. The third kappa shape index (κ3) is 2.83. The van der Waals surface area contributed by atoms with Crippen molar-refractivity contribution in [1.29, 1.82) is 0 Å². The number of hydrogen-bond donors (Lipinski definition) is 0. The summed E-state index contributed by atoms with van der Waals surface area (Å²) >= 11 is 0. The highest BCUT2D eigenvalue weighted by atomic mass is 16.6.